The van der Waals surface area contributed by atoms with Crippen molar-refractivity contribution in [3.63, 3.8) is 0 Å². The Morgan fingerprint density at radius 1 is 1.14 bits per heavy atom. The van der Waals surface area contributed by atoms with Crippen molar-refractivity contribution in [1.82, 2.24) is 4.90 Å². The van der Waals surface area contributed by atoms with E-state index < -0.39 is 11.7 Å². The van der Waals surface area contributed by atoms with E-state index >= 15 is 0 Å². The van der Waals surface area contributed by atoms with E-state index in [1.807, 2.05) is 54.6 Å². The van der Waals surface area contributed by atoms with Gasteiger partial charge in [-0.15, -0.1) is 0 Å². The fourth-order valence-corrected chi connectivity index (χ4v) is 5.82. The molecule has 2 aromatic rings. The first-order valence-electron chi connectivity index (χ1n) is 10.00. The van der Waals surface area contributed by atoms with Crippen molar-refractivity contribution in [2.24, 2.45) is 17.8 Å². The second-order valence-electron chi connectivity index (χ2n) is 8.66. The van der Waals surface area contributed by atoms with Crippen molar-refractivity contribution in [3.05, 3.63) is 54.6 Å². The molecule has 1 amide bonds. The maximum atomic E-state index is 12.7. The maximum absolute atomic E-state index is 12.7. The number of anilines is 1. The number of rotatable bonds is 4. The lowest BCUT2D eigenvalue weighted by molar-refractivity contribution is -0.0173. The van der Waals surface area contributed by atoms with Crippen LogP contribution in [0.5, 0.6) is 0 Å². The minimum atomic E-state index is -0.634. The first-order chi connectivity index (χ1) is 13.5. The van der Waals surface area contributed by atoms with E-state index in [9.17, 15) is 9.90 Å². The summed E-state index contributed by atoms with van der Waals surface area (Å²) in [7, 11) is 4.11. The van der Waals surface area contributed by atoms with Crippen LogP contribution in [-0.2, 0) is 4.74 Å². The zero-order valence-electron chi connectivity index (χ0n) is 16.2. The molecule has 2 bridgehead atoms. The molecule has 5 nitrogen and oxygen atoms in total. The van der Waals surface area contributed by atoms with Gasteiger partial charge in [0.1, 0.15) is 6.10 Å². The average molecular weight is 378 g/mol. The molecule has 146 valence electrons. The van der Waals surface area contributed by atoms with E-state index in [2.05, 4.69) is 24.3 Å². The molecule has 6 atom stereocenters. The average Bonchev–Trinajstić information content (AvgIpc) is 3.15. The summed E-state index contributed by atoms with van der Waals surface area (Å²) in [6, 6.07) is 18.0. The molecule has 5 rings (SSSR count). The summed E-state index contributed by atoms with van der Waals surface area (Å²) in [5, 5.41) is 13.8. The topological polar surface area (TPSA) is 61.8 Å². The summed E-state index contributed by atoms with van der Waals surface area (Å²) in [5.41, 5.74) is 2.10. The van der Waals surface area contributed by atoms with Gasteiger partial charge in [0.25, 0.3) is 0 Å². The Hall–Kier alpha value is -2.37. The van der Waals surface area contributed by atoms with Gasteiger partial charge < -0.3 is 14.7 Å². The Balaban J connectivity index is 1.32. The van der Waals surface area contributed by atoms with Crippen LogP contribution >= 0.6 is 0 Å². The lowest BCUT2D eigenvalue weighted by Crippen LogP contribution is -2.43. The molecule has 0 heterocycles. The van der Waals surface area contributed by atoms with Gasteiger partial charge >= 0.3 is 6.09 Å². The summed E-state index contributed by atoms with van der Waals surface area (Å²) in [5.74, 6) is 0.804. The fraction of sp³-hybridized carbons (Fsp3) is 0.435. The molecule has 3 fully saturated rings. The number of fused-ring (bicyclic) bond motifs is 5. The third kappa shape index (κ3) is 2.65. The molecular formula is C23H26N2O3. The summed E-state index contributed by atoms with van der Waals surface area (Å²) >= 11 is 0. The highest BCUT2D eigenvalue weighted by molar-refractivity contribution is 5.91. The van der Waals surface area contributed by atoms with Gasteiger partial charge in [-0.1, -0.05) is 48.5 Å². The van der Waals surface area contributed by atoms with Gasteiger partial charge in [0.05, 0.1) is 11.3 Å². The molecule has 0 saturated heterocycles. The Morgan fingerprint density at radius 2 is 1.86 bits per heavy atom. The van der Waals surface area contributed by atoms with E-state index in [0.29, 0.717) is 11.8 Å². The summed E-state index contributed by atoms with van der Waals surface area (Å²) in [4.78, 5) is 14.9. The number of para-hydroxylation sites is 1. The number of hydrogen-bond donors (Lipinski definition) is 2. The lowest BCUT2D eigenvalue weighted by atomic mass is 9.94. The third-order valence-corrected chi connectivity index (χ3v) is 6.94. The molecule has 5 heteroatoms. The fourth-order valence-electron chi connectivity index (χ4n) is 5.82. The SMILES string of the molecule is CN(C)C1C2CC(OC(=O)Nc3ccccc3-c3ccccc3)C1C1(O)CC21. The van der Waals surface area contributed by atoms with Crippen molar-refractivity contribution in [3.8, 4) is 11.1 Å². The van der Waals surface area contributed by atoms with Crippen LogP contribution in [-0.4, -0.2) is 47.9 Å². The summed E-state index contributed by atoms with van der Waals surface area (Å²) in [6.07, 6.45) is 1.02. The predicted octanol–water partition coefficient (Wildman–Crippen LogP) is 3.60. The van der Waals surface area contributed by atoms with Crippen LogP contribution in [0.25, 0.3) is 11.1 Å². The van der Waals surface area contributed by atoms with Crippen LogP contribution in [0.4, 0.5) is 10.5 Å². The number of ether oxygens (including phenoxy) is 1. The van der Waals surface area contributed by atoms with E-state index in [1.54, 1.807) is 0 Å². The minimum Gasteiger partial charge on any atom is -0.446 e. The summed E-state index contributed by atoms with van der Waals surface area (Å²) < 4.78 is 5.85. The van der Waals surface area contributed by atoms with E-state index in [4.69, 9.17) is 4.74 Å². The van der Waals surface area contributed by atoms with Crippen LogP contribution in [0.15, 0.2) is 54.6 Å². The number of nitrogens with one attached hydrogen (secondary N) is 1. The number of benzene rings is 2. The van der Waals surface area contributed by atoms with Gasteiger partial charge in [-0.2, -0.15) is 0 Å². The minimum absolute atomic E-state index is 0.00705. The first kappa shape index (κ1) is 17.7. The first-order valence-corrected chi connectivity index (χ1v) is 10.00. The second kappa shape index (κ2) is 6.33. The number of amides is 1. The predicted molar refractivity (Wildman–Crippen MR) is 108 cm³/mol. The van der Waals surface area contributed by atoms with Gasteiger partial charge in [0.15, 0.2) is 0 Å². The standard InChI is InChI=1S/C23H26N2O3/c1-25(2)21-16-12-19(20(21)23(27)13-17(16)23)28-22(26)24-18-11-7-6-10-15(18)14-8-4-3-5-9-14/h3-11,16-17,19-21,27H,12-13H2,1-2H3,(H,24,26). The van der Waals surface area contributed by atoms with Gasteiger partial charge in [0.2, 0.25) is 0 Å². The molecule has 3 aliphatic carbocycles. The lowest BCUT2D eigenvalue weighted by Gasteiger charge is -2.30. The smallest absolute Gasteiger partial charge is 0.411 e. The van der Waals surface area contributed by atoms with E-state index in [0.717, 1.165) is 29.7 Å². The zero-order chi connectivity index (χ0) is 19.5. The molecular weight excluding hydrogens is 352 g/mol. The van der Waals surface area contributed by atoms with Crippen molar-refractivity contribution < 1.29 is 14.6 Å². The second-order valence-corrected chi connectivity index (χ2v) is 8.66. The number of nitrogens with zero attached hydrogens (tertiary/aromatic N) is 1. The van der Waals surface area contributed by atoms with Crippen molar-refractivity contribution in [1.29, 1.82) is 0 Å². The number of hydrogen-bond acceptors (Lipinski definition) is 4. The molecule has 3 aliphatic rings. The van der Waals surface area contributed by atoms with Crippen LogP contribution < -0.4 is 5.32 Å². The molecule has 0 radical (unpaired) electrons. The molecule has 0 aliphatic heterocycles. The van der Waals surface area contributed by atoms with Crippen molar-refractivity contribution in [2.45, 2.75) is 30.6 Å². The third-order valence-electron chi connectivity index (χ3n) is 6.94. The molecule has 28 heavy (non-hydrogen) atoms. The van der Waals surface area contributed by atoms with E-state index in [-0.39, 0.29) is 18.1 Å². The van der Waals surface area contributed by atoms with Gasteiger partial charge in [-0.25, -0.2) is 4.79 Å². The molecule has 2 N–H and O–H groups in total. The van der Waals surface area contributed by atoms with Crippen LogP contribution in [0.3, 0.4) is 0 Å². The van der Waals surface area contributed by atoms with E-state index in [1.165, 1.54) is 0 Å². The van der Waals surface area contributed by atoms with Gasteiger partial charge in [0, 0.05) is 17.5 Å². The zero-order valence-corrected chi connectivity index (χ0v) is 16.2. The normalized spacial score (nSPS) is 34.9. The number of aliphatic hydroxyl groups is 1. The Bertz CT molecular complexity index is 900. The highest BCUT2D eigenvalue weighted by atomic mass is 16.6. The Labute approximate surface area is 165 Å². The Morgan fingerprint density at radius 3 is 2.57 bits per heavy atom. The highest BCUT2D eigenvalue weighted by Gasteiger charge is 2.76. The molecule has 6 unspecified atom stereocenters. The van der Waals surface area contributed by atoms with Crippen LogP contribution in [0.2, 0.25) is 0 Å². The van der Waals surface area contributed by atoms with Gasteiger partial charge in [-0.3, -0.25) is 5.32 Å². The molecule has 0 aromatic heterocycles. The van der Waals surface area contributed by atoms with Crippen molar-refractivity contribution >= 4 is 11.8 Å². The Kier molecular flexibility index (Phi) is 4.00. The monoisotopic (exact) mass is 378 g/mol. The summed E-state index contributed by atoms with van der Waals surface area (Å²) in [6.45, 7) is 0. The number of carbonyl (C=O) groups is 1. The largest absolute Gasteiger partial charge is 0.446 e. The maximum Gasteiger partial charge on any atom is 0.411 e. The molecule has 2 aromatic carbocycles. The number of carbonyl (C=O) groups excluding carboxylic acids is 1. The quantitative estimate of drug-likeness (QED) is 0.853. The highest BCUT2D eigenvalue weighted by Crippen LogP contribution is 2.69. The molecule has 3 saturated carbocycles. The van der Waals surface area contributed by atoms with Crippen LogP contribution in [0, 0.1) is 17.8 Å². The molecule has 0 spiro atoms. The van der Waals surface area contributed by atoms with Crippen molar-refractivity contribution in [2.75, 3.05) is 19.4 Å². The van der Waals surface area contributed by atoms with Gasteiger partial charge in [-0.05, 0) is 50.4 Å². The van der Waals surface area contributed by atoms with Crippen LogP contribution in [0.1, 0.15) is 12.8 Å².